The molecular formula is C24H25N5S. The molecule has 1 aliphatic rings. The van der Waals surface area contributed by atoms with Gasteiger partial charge in [-0.3, -0.25) is 0 Å². The highest BCUT2D eigenvalue weighted by atomic mass is 32.2. The van der Waals surface area contributed by atoms with Crippen LogP contribution in [0.4, 0.5) is 11.4 Å². The molecule has 0 saturated carbocycles. The van der Waals surface area contributed by atoms with Gasteiger partial charge in [0, 0.05) is 55.1 Å². The van der Waals surface area contributed by atoms with E-state index < -0.39 is 0 Å². The lowest BCUT2D eigenvalue weighted by Crippen LogP contribution is -2.29. The zero-order valence-electron chi connectivity index (χ0n) is 17.4. The Labute approximate surface area is 182 Å². The van der Waals surface area contributed by atoms with Crippen molar-refractivity contribution >= 4 is 23.1 Å². The van der Waals surface area contributed by atoms with Crippen LogP contribution in [0.1, 0.15) is 25.0 Å². The summed E-state index contributed by atoms with van der Waals surface area (Å²) in [6.45, 7) is 2.20. The first-order chi connectivity index (χ1) is 14.6. The first-order valence-electron chi connectivity index (χ1n) is 10.2. The van der Waals surface area contributed by atoms with Gasteiger partial charge in [-0.15, -0.1) is 0 Å². The lowest BCUT2D eigenvalue weighted by molar-refractivity contribution is 0.578. The SMILES string of the molecule is CN(C)c1cccc(-c2cc(Sc3cc(C#N)ncn3)ccc2N2CCCCC2)c1. The summed E-state index contributed by atoms with van der Waals surface area (Å²) in [5.74, 6) is 0. The molecule has 0 bridgehead atoms. The van der Waals surface area contributed by atoms with Gasteiger partial charge in [0.25, 0.3) is 0 Å². The first-order valence-corrected chi connectivity index (χ1v) is 11.0. The second-order valence-electron chi connectivity index (χ2n) is 7.63. The first kappa shape index (κ1) is 20.2. The van der Waals surface area contributed by atoms with Gasteiger partial charge >= 0.3 is 0 Å². The van der Waals surface area contributed by atoms with Gasteiger partial charge in [0.05, 0.1) is 0 Å². The second kappa shape index (κ2) is 9.19. The fraction of sp³-hybridized carbons (Fsp3) is 0.292. The summed E-state index contributed by atoms with van der Waals surface area (Å²) < 4.78 is 0. The molecule has 0 unspecified atom stereocenters. The number of nitrogens with zero attached hydrogens (tertiary/aromatic N) is 5. The van der Waals surface area contributed by atoms with E-state index in [1.165, 1.54) is 48.1 Å². The number of nitriles is 1. The van der Waals surface area contributed by atoms with Crippen molar-refractivity contribution in [2.24, 2.45) is 0 Å². The van der Waals surface area contributed by atoms with Crippen LogP contribution >= 0.6 is 11.8 Å². The standard InChI is InChI=1S/C24H25N5S/c1-28(2)20-8-6-7-18(13-20)22-15-21(30-24-14-19(16-25)26-17-27-24)9-10-23(22)29-11-4-3-5-12-29/h6-10,13-15,17H,3-5,11-12H2,1-2H3. The Balaban J connectivity index is 1.74. The Morgan fingerprint density at radius 3 is 2.60 bits per heavy atom. The van der Waals surface area contributed by atoms with Crippen LogP contribution < -0.4 is 9.80 Å². The van der Waals surface area contributed by atoms with Gasteiger partial charge in [-0.25, -0.2) is 9.97 Å². The molecule has 30 heavy (non-hydrogen) atoms. The van der Waals surface area contributed by atoms with Crippen molar-refractivity contribution in [2.45, 2.75) is 29.2 Å². The van der Waals surface area contributed by atoms with Crippen molar-refractivity contribution in [2.75, 3.05) is 37.0 Å². The highest BCUT2D eigenvalue weighted by molar-refractivity contribution is 7.99. The molecule has 0 amide bonds. The van der Waals surface area contributed by atoms with Gasteiger partial charge in [0.2, 0.25) is 0 Å². The van der Waals surface area contributed by atoms with Crippen molar-refractivity contribution < 1.29 is 0 Å². The van der Waals surface area contributed by atoms with Gasteiger partial charge in [-0.05, 0) is 55.2 Å². The highest BCUT2D eigenvalue weighted by Gasteiger charge is 2.17. The summed E-state index contributed by atoms with van der Waals surface area (Å²) >= 11 is 1.56. The van der Waals surface area contributed by atoms with Crippen LogP contribution in [0.15, 0.2) is 64.8 Å². The molecule has 0 radical (unpaired) electrons. The minimum absolute atomic E-state index is 0.386. The van der Waals surface area contributed by atoms with E-state index in [1.807, 2.05) is 0 Å². The normalized spacial score (nSPS) is 13.7. The zero-order valence-corrected chi connectivity index (χ0v) is 18.2. The predicted molar refractivity (Wildman–Crippen MR) is 123 cm³/mol. The van der Waals surface area contributed by atoms with Crippen LogP contribution in [-0.4, -0.2) is 37.2 Å². The Hall–Kier alpha value is -3.04. The predicted octanol–water partition coefficient (Wildman–Crippen LogP) is 5.22. The maximum absolute atomic E-state index is 9.11. The summed E-state index contributed by atoms with van der Waals surface area (Å²) in [6, 6.07) is 19.1. The van der Waals surface area contributed by atoms with Crippen molar-refractivity contribution in [1.82, 2.24) is 9.97 Å². The molecule has 1 saturated heterocycles. The molecule has 0 N–H and O–H groups in total. The van der Waals surface area contributed by atoms with Gasteiger partial charge in [0.1, 0.15) is 23.1 Å². The Kier molecular flexibility index (Phi) is 6.20. The summed E-state index contributed by atoms with van der Waals surface area (Å²) in [4.78, 5) is 14.0. The molecule has 0 spiro atoms. The molecule has 4 rings (SSSR count). The van der Waals surface area contributed by atoms with E-state index >= 15 is 0 Å². The topological polar surface area (TPSA) is 56.1 Å². The van der Waals surface area contributed by atoms with Crippen molar-refractivity contribution in [3.05, 3.63) is 60.6 Å². The lowest BCUT2D eigenvalue weighted by Gasteiger charge is -2.31. The maximum atomic E-state index is 9.11. The van der Waals surface area contributed by atoms with Crippen LogP contribution in [0, 0.1) is 11.3 Å². The molecule has 1 aliphatic heterocycles. The molecule has 0 aliphatic carbocycles. The quantitative estimate of drug-likeness (QED) is 0.532. The van der Waals surface area contributed by atoms with Gasteiger partial charge in [-0.2, -0.15) is 5.26 Å². The number of aromatic nitrogens is 2. The third kappa shape index (κ3) is 4.58. The molecule has 1 aromatic heterocycles. The number of rotatable bonds is 5. The van der Waals surface area contributed by atoms with Crippen molar-refractivity contribution in [1.29, 1.82) is 5.26 Å². The largest absolute Gasteiger partial charge is 0.378 e. The molecule has 3 aromatic rings. The van der Waals surface area contributed by atoms with E-state index in [0.29, 0.717) is 5.69 Å². The number of hydrogen-bond donors (Lipinski definition) is 0. The Morgan fingerprint density at radius 2 is 1.83 bits per heavy atom. The summed E-state index contributed by atoms with van der Waals surface area (Å²) in [7, 11) is 4.14. The fourth-order valence-corrected chi connectivity index (χ4v) is 4.57. The fourth-order valence-electron chi connectivity index (χ4n) is 3.75. The lowest BCUT2D eigenvalue weighted by atomic mass is 10.0. The second-order valence-corrected chi connectivity index (χ2v) is 8.72. The summed E-state index contributed by atoms with van der Waals surface area (Å²) in [5, 5.41) is 9.89. The minimum atomic E-state index is 0.386. The van der Waals surface area contributed by atoms with E-state index in [1.54, 1.807) is 17.8 Å². The molecule has 2 aromatic carbocycles. The van der Waals surface area contributed by atoms with Crippen LogP contribution in [0.3, 0.4) is 0 Å². The van der Waals surface area contributed by atoms with E-state index in [4.69, 9.17) is 5.26 Å². The van der Waals surface area contributed by atoms with Crippen molar-refractivity contribution in [3.8, 4) is 17.2 Å². The van der Waals surface area contributed by atoms with Crippen LogP contribution in [0.25, 0.3) is 11.1 Å². The Bertz CT molecular complexity index is 1070. The average Bonchev–Trinajstić information content (AvgIpc) is 2.80. The van der Waals surface area contributed by atoms with Gasteiger partial charge < -0.3 is 9.80 Å². The number of benzene rings is 2. The third-order valence-electron chi connectivity index (χ3n) is 5.32. The van der Waals surface area contributed by atoms with E-state index in [9.17, 15) is 0 Å². The molecule has 0 atom stereocenters. The number of hydrogen-bond acceptors (Lipinski definition) is 6. The van der Waals surface area contributed by atoms with E-state index in [-0.39, 0.29) is 0 Å². The van der Waals surface area contributed by atoms with Crippen LogP contribution in [-0.2, 0) is 0 Å². The number of anilines is 2. The molecular weight excluding hydrogens is 390 g/mol. The highest BCUT2D eigenvalue weighted by Crippen LogP contribution is 2.38. The monoisotopic (exact) mass is 415 g/mol. The Morgan fingerprint density at radius 1 is 1.00 bits per heavy atom. The van der Waals surface area contributed by atoms with Crippen molar-refractivity contribution in [3.63, 3.8) is 0 Å². The summed E-state index contributed by atoms with van der Waals surface area (Å²) in [6.07, 6.45) is 5.24. The molecule has 2 heterocycles. The number of piperidine rings is 1. The van der Waals surface area contributed by atoms with Crippen LogP contribution in [0.2, 0.25) is 0 Å². The molecule has 6 heteroatoms. The maximum Gasteiger partial charge on any atom is 0.145 e. The average molecular weight is 416 g/mol. The molecule has 152 valence electrons. The minimum Gasteiger partial charge on any atom is -0.378 e. The third-order valence-corrected chi connectivity index (χ3v) is 6.24. The van der Waals surface area contributed by atoms with Crippen LogP contribution in [0.5, 0.6) is 0 Å². The van der Waals surface area contributed by atoms with E-state index in [0.717, 1.165) is 23.0 Å². The molecule has 1 fully saturated rings. The smallest absolute Gasteiger partial charge is 0.145 e. The zero-order chi connectivity index (χ0) is 20.9. The molecule has 5 nitrogen and oxygen atoms in total. The van der Waals surface area contributed by atoms with Gasteiger partial charge in [-0.1, -0.05) is 23.9 Å². The van der Waals surface area contributed by atoms with Gasteiger partial charge in [0.15, 0.2) is 0 Å². The van der Waals surface area contributed by atoms with E-state index in [2.05, 4.69) is 82.4 Å². The summed E-state index contributed by atoms with van der Waals surface area (Å²) in [5.41, 5.74) is 5.31.